The summed E-state index contributed by atoms with van der Waals surface area (Å²) in [5.41, 5.74) is 7.30. The van der Waals surface area contributed by atoms with Crippen molar-refractivity contribution >= 4 is 0 Å². The van der Waals surface area contributed by atoms with Crippen LogP contribution >= 0.6 is 0 Å². The van der Waals surface area contributed by atoms with Crippen molar-refractivity contribution in [3.8, 4) is 0 Å². The van der Waals surface area contributed by atoms with Crippen LogP contribution < -0.4 is 5.73 Å². The van der Waals surface area contributed by atoms with Gasteiger partial charge in [0.1, 0.15) is 5.69 Å². The lowest BCUT2D eigenvalue weighted by Gasteiger charge is -2.13. The van der Waals surface area contributed by atoms with E-state index in [9.17, 15) is 5.11 Å². The van der Waals surface area contributed by atoms with E-state index in [1.165, 1.54) is 0 Å². The summed E-state index contributed by atoms with van der Waals surface area (Å²) in [6, 6.07) is 0. The number of aliphatic hydroxyl groups is 1. The average molecular weight is 226 g/mol. The zero-order valence-electron chi connectivity index (χ0n) is 9.52. The highest BCUT2D eigenvalue weighted by atomic mass is 16.5. The van der Waals surface area contributed by atoms with Gasteiger partial charge in [0.2, 0.25) is 0 Å². The van der Waals surface area contributed by atoms with Gasteiger partial charge in [0.25, 0.3) is 0 Å². The normalized spacial score (nSPS) is 17.7. The predicted molar refractivity (Wildman–Crippen MR) is 57.4 cm³/mol. The van der Waals surface area contributed by atoms with E-state index in [1.54, 1.807) is 7.11 Å². The Balaban J connectivity index is 2.16. The maximum absolute atomic E-state index is 9.29. The van der Waals surface area contributed by atoms with Gasteiger partial charge in [-0.2, -0.15) is 0 Å². The molecule has 0 amide bonds. The van der Waals surface area contributed by atoms with Gasteiger partial charge in [-0.15, -0.1) is 5.10 Å². The van der Waals surface area contributed by atoms with Crippen molar-refractivity contribution in [1.29, 1.82) is 0 Å². The van der Waals surface area contributed by atoms with Gasteiger partial charge in [0.05, 0.1) is 25.5 Å². The number of rotatable bonds is 6. The number of hydrogen-bond acceptors (Lipinski definition) is 5. The summed E-state index contributed by atoms with van der Waals surface area (Å²) in [6.45, 7) is 1.73. The minimum absolute atomic E-state index is 0.0159. The minimum atomic E-state index is 0.0159. The third-order valence-corrected chi connectivity index (χ3v) is 3.17. The van der Waals surface area contributed by atoms with E-state index in [0.717, 1.165) is 24.2 Å². The van der Waals surface area contributed by atoms with Crippen LogP contribution in [-0.4, -0.2) is 33.8 Å². The molecule has 1 aromatic heterocycles. The van der Waals surface area contributed by atoms with Crippen LogP contribution in [0.3, 0.4) is 0 Å². The van der Waals surface area contributed by atoms with Crippen molar-refractivity contribution in [3.05, 3.63) is 11.4 Å². The van der Waals surface area contributed by atoms with Gasteiger partial charge >= 0.3 is 0 Å². The number of methoxy groups -OCH3 is 1. The third kappa shape index (κ3) is 2.09. The highest BCUT2D eigenvalue weighted by Gasteiger charge is 2.43. The molecule has 0 bridgehead atoms. The summed E-state index contributed by atoms with van der Waals surface area (Å²) in [5, 5.41) is 17.4. The van der Waals surface area contributed by atoms with Gasteiger partial charge in [0.15, 0.2) is 0 Å². The molecule has 16 heavy (non-hydrogen) atoms. The second-order valence-corrected chi connectivity index (χ2v) is 4.44. The molecule has 1 saturated carbocycles. The van der Waals surface area contributed by atoms with Gasteiger partial charge in [-0.25, -0.2) is 4.68 Å². The monoisotopic (exact) mass is 226 g/mol. The van der Waals surface area contributed by atoms with E-state index < -0.39 is 0 Å². The highest BCUT2D eigenvalue weighted by molar-refractivity contribution is 5.10. The van der Waals surface area contributed by atoms with E-state index >= 15 is 0 Å². The summed E-state index contributed by atoms with van der Waals surface area (Å²) >= 11 is 0. The van der Waals surface area contributed by atoms with E-state index in [-0.39, 0.29) is 12.0 Å². The summed E-state index contributed by atoms with van der Waals surface area (Å²) in [6.07, 6.45) is 2.10. The molecule has 3 N–H and O–H groups in total. The largest absolute Gasteiger partial charge is 0.396 e. The van der Waals surface area contributed by atoms with E-state index in [0.29, 0.717) is 19.7 Å². The first-order chi connectivity index (χ1) is 7.74. The second kappa shape index (κ2) is 4.48. The quantitative estimate of drug-likeness (QED) is 0.692. The van der Waals surface area contributed by atoms with Crippen molar-refractivity contribution in [2.75, 3.05) is 13.7 Å². The molecule has 0 spiro atoms. The highest BCUT2D eigenvalue weighted by Crippen LogP contribution is 2.46. The number of hydrogen-bond donors (Lipinski definition) is 2. The molecule has 2 rings (SSSR count). The molecule has 0 saturated heterocycles. The average Bonchev–Trinajstić information content (AvgIpc) is 2.98. The number of aliphatic hydroxyl groups excluding tert-OH is 1. The van der Waals surface area contributed by atoms with Crippen LogP contribution in [0.5, 0.6) is 0 Å². The second-order valence-electron chi connectivity index (χ2n) is 4.44. The number of ether oxygens (including phenoxy) is 1. The van der Waals surface area contributed by atoms with Gasteiger partial charge in [-0.05, 0) is 12.8 Å². The molecule has 0 aliphatic heterocycles. The fraction of sp³-hybridized carbons (Fsp3) is 0.800. The fourth-order valence-corrected chi connectivity index (χ4v) is 1.81. The summed E-state index contributed by atoms with van der Waals surface area (Å²) in [4.78, 5) is 0. The Morgan fingerprint density at radius 2 is 2.31 bits per heavy atom. The zero-order valence-corrected chi connectivity index (χ0v) is 9.52. The number of aromatic nitrogens is 3. The van der Waals surface area contributed by atoms with Crippen molar-refractivity contribution in [1.82, 2.24) is 15.0 Å². The molecule has 0 atom stereocenters. The summed E-state index contributed by atoms with van der Waals surface area (Å²) in [7, 11) is 1.64. The molecule has 6 nitrogen and oxygen atoms in total. The van der Waals surface area contributed by atoms with E-state index in [1.807, 2.05) is 4.68 Å². The van der Waals surface area contributed by atoms with Crippen LogP contribution in [0.2, 0.25) is 0 Å². The minimum Gasteiger partial charge on any atom is -0.396 e. The Bertz CT molecular complexity index is 360. The summed E-state index contributed by atoms with van der Waals surface area (Å²) in [5.74, 6) is 0. The molecular formula is C10H18N4O2. The van der Waals surface area contributed by atoms with Crippen molar-refractivity contribution in [3.63, 3.8) is 0 Å². The Kier molecular flexibility index (Phi) is 3.22. The van der Waals surface area contributed by atoms with Gasteiger partial charge in [0, 0.05) is 19.1 Å². The molecule has 1 aromatic rings. The molecular weight excluding hydrogens is 208 g/mol. The SMILES string of the molecule is COCc1c(CN)nnn1CC1(CO)CC1. The van der Waals surface area contributed by atoms with E-state index in [4.69, 9.17) is 10.5 Å². The zero-order chi connectivity index (χ0) is 11.6. The summed E-state index contributed by atoms with van der Waals surface area (Å²) < 4.78 is 6.93. The molecule has 1 aliphatic rings. The first-order valence-corrected chi connectivity index (χ1v) is 5.46. The molecule has 0 unspecified atom stereocenters. The Labute approximate surface area is 94.4 Å². The lowest BCUT2D eigenvalue weighted by atomic mass is 10.1. The molecule has 0 radical (unpaired) electrons. The molecule has 0 aromatic carbocycles. The smallest absolute Gasteiger partial charge is 0.102 e. The Morgan fingerprint density at radius 3 is 2.81 bits per heavy atom. The van der Waals surface area contributed by atoms with Gasteiger partial charge in [-0.3, -0.25) is 0 Å². The fourth-order valence-electron chi connectivity index (χ4n) is 1.81. The van der Waals surface area contributed by atoms with Crippen LogP contribution in [0.4, 0.5) is 0 Å². The number of nitrogens with zero attached hydrogens (tertiary/aromatic N) is 3. The lowest BCUT2D eigenvalue weighted by molar-refractivity contribution is 0.162. The standard InChI is InChI=1S/C10H18N4O2/c1-16-5-9-8(4-11)12-13-14(9)6-10(7-15)2-3-10/h15H,2-7,11H2,1H3. The molecule has 90 valence electrons. The van der Waals surface area contributed by atoms with Crippen LogP contribution in [-0.2, 0) is 24.4 Å². The first-order valence-electron chi connectivity index (χ1n) is 5.46. The van der Waals surface area contributed by atoms with Crippen LogP contribution in [0.15, 0.2) is 0 Å². The molecule has 1 fully saturated rings. The molecule has 1 aliphatic carbocycles. The Morgan fingerprint density at radius 1 is 1.56 bits per heavy atom. The first kappa shape index (κ1) is 11.5. The van der Waals surface area contributed by atoms with Crippen LogP contribution in [0.25, 0.3) is 0 Å². The topological polar surface area (TPSA) is 86.2 Å². The maximum Gasteiger partial charge on any atom is 0.102 e. The van der Waals surface area contributed by atoms with Crippen molar-refractivity contribution in [2.45, 2.75) is 32.5 Å². The van der Waals surface area contributed by atoms with Crippen LogP contribution in [0.1, 0.15) is 24.2 Å². The molecule has 6 heteroatoms. The van der Waals surface area contributed by atoms with Crippen molar-refractivity contribution < 1.29 is 9.84 Å². The molecule has 1 heterocycles. The van der Waals surface area contributed by atoms with Gasteiger partial charge in [-0.1, -0.05) is 5.21 Å². The van der Waals surface area contributed by atoms with Gasteiger partial charge < -0.3 is 15.6 Å². The third-order valence-electron chi connectivity index (χ3n) is 3.17. The Hall–Kier alpha value is -0.980. The maximum atomic E-state index is 9.29. The van der Waals surface area contributed by atoms with Crippen molar-refractivity contribution in [2.24, 2.45) is 11.1 Å². The lowest BCUT2D eigenvalue weighted by Crippen LogP contribution is -2.19. The predicted octanol–water partition coefficient (Wildman–Crippen LogP) is -0.344. The number of nitrogens with two attached hydrogens (primary N) is 1. The van der Waals surface area contributed by atoms with E-state index in [2.05, 4.69) is 10.3 Å². The van der Waals surface area contributed by atoms with Crippen LogP contribution in [0, 0.1) is 5.41 Å².